The molecule has 0 fully saturated rings. The lowest BCUT2D eigenvalue weighted by Crippen LogP contribution is -2.22. The van der Waals surface area contributed by atoms with Crippen molar-refractivity contribution in [2.45, 2.75) is 18.9 Å². The molecule has 0 spiro atoms. The molecule has 1 aliphatic rings. The topological polar surface area (TPSA) is 49.9 Å². The Morgan fingerprint density at radius 1 is 1.32 bits per heavy atom. The van der Waals surface area contributed by atoms with Crippen LogP contribution in [0.3, 0.4) is 0 Å². The Hall–Kier alpha value is -2.23. The van der Waals surface area contributed by atoms with E-state index in [-0.39, 0.29) is 6.10 Å². The first-order valence-electron chi connectivity index (χ1n) is 6.55. The third kappa shape index (κ3) is 2.96. The number of rotatable bonds is 4. The van der Waals surface area contributed by atoms with Gasteiger partial charge in [0, 0.05) is 5.69 Å². The van der Waals surface area contributed by atoms with Crippen molar-refractivity contribution in [2.75, 3.05) is 11.9 Å². The van der Waals surface area contributed by atoms with Crippen molar-refractivity contribution in [3.63, 3.8) is 0 Å². The van der Waals surface area contributed by atoms with E-state index in [9.17, 15) is 0 Å². The molecular formula is C15H17N3O. The van der Waals surface area contributed by atoms with E-state index in [4.69, 9.17) is 4.74 Å². The minimum absolute atomic E-state index is 0.275. The summed E-state index contributed by atoms with van der Waals surface area (Å²) in [4.78, 5) is 7.12. The van der Waals surface area contributed by atoms with Crippen LogP contribution in [0.25, 0.3) is 11.3 Å². The van der Waals surface area contributed by atoms with Crippen LogP contribution < -0.4 is 5.32 Å². The van der Waals surface area contributed by atoms with Crippen LogP contribution in [0.15, 0.2) is 49.1 Å². The molecule has 1 aliphatic heterocycles. The summed E-state index contributed by atoms with van der Waals surface area (Å²) in [7, 11) is 0. The highest BCUT2D eigenvalue weighted by Crippen LogP contribution is 2.19. The number of aromatic nitrogens is 2. The summed E-state index contributed by atoms with van der Waals surface area (Å²) in [6.45, 7) is 0.841. The molecule has 0 amide bonds. The van der Waals surface area contributed by atoms with Gasteiger partial charge in [0.1, 0.15) is 6.10 Å². The van der Waals surface area contributed by atoms with Crippen LogP contribution in [0.4, 0.5) is 5.69 Å². The summed E-state index contributed by atoms with van der Waals surface area (Å²) in [6.07, 6.45) is 9.84. The summed E-state index contributed by atoms with van der Waals surface area (Å²) in [5, 5.41) is 3.40. The van der Waals surface area contributed by atoms with Crippen molar-refractivity contribution in [1.82, 2.24) is 9.97 Å². The average molecular weight is 255 g/mol. The fourth-order valence-electron chi connectivity index (χ4n) is 2.15. The standard InChI is InChI=1S/C15H17N3O/c1-2-8-19-14(3-1)9-17-13-6-4-12(5-7-13)15-10-16-11-18-15/h2,4-8,10-11,14,17H,1,3,9H2,(H,16,18). The molecule has 2 heterocycles. The highest BCUT2D eigenvalue weighted by Gasteiger charge is 2.10. The zero-order valence-corrected chi connectivity index (χ0v) is 10.7. The van der Waals surface area contributed by atoms with E-state index in [1.165, 1.54) is 0 Å². The first-order chi connectivity index (χ1) is 9.42. The van der Waals surface area contributed by atoms with Crippen molar-refractivity contribution in [1.29, 1.82) is 0 Å². The first kappa shape index (κ1) is 11.8. The van der Waals surface area contributed by atoms with E-state index >= 15 is 0 Å². The maximum absolute atomic E-state index is 5.53. The van der Waals surface area contributed by atoms with Crippen LogP contribution in [-0.4, -0.2) is 22.6 Å². The van der Waals surface area contributed by atoms with Crippen molar-refractivity contribution in [3.8, 4) is 11.3 Å². The summed E-state index contributed by atoms with van der Waals surface area (Å²) < 4.78 is 5.53. The second kappa shape index (κ2) is 5.61. The number of ether oxygens (including phenoxy) is 1. The highest BCUT2D eigenvalue weighted by atomic mass is 16.5. The van der Waals surface area contributed by atoms with Gasteiger partial charge in [0.15, 0.2) is 0 Å². The van der Waals surface area contributed by atoms with Crippen LogP contribution in [0, 0.1) is 0 Å². The molecule has 19 heavy (non-hydrogen) atoms. The zero-order chi connectivity index (χ0) is 12.9. The number of hydrogen-bond donors (Lipinski definition) is 2. The molecular weight excluding hydrogens is 238 g/mol. The van der Waals surface area contributed by atoms with Crippen LogP contribution in [0.1, 0.15) is 12.8 Å². The number of imidazole rings is 1. The SMILES string of the molecule is C1=COC(CNc2ccc(-c3cnc[nH]3)cc2)CC1. The fourth-order valence-corrected chi connectivity index (χ4v) is 2.15. The Morgan fingerprint density at radius 3 is 2.89 bits per heavy atom. The third-order valence-corrected chi connectivity index (χ3v) is 3.25. The molecule has 0 saturated carbocycles. The van der Waals surface area contributed by atoms with Crippen molar-refractivity contribution < 1.29 is 4.74 Å². The Bertz CT molecular complexity index is 531. The maximum Gasteiger partial charge on any atom is 0.115 e. The summed E-state index contributed by atoms with van der Waals surface area (Å²) in [5.41, 5.74) is 3.29. The lowest BCUT2D eigenvalue weighted by molar-refractivity contribution is 0.135. The molecule has 98 valence electrons. The molecule has 1 aromatic carbocycles. The van der Waals surface area contributed by atoms with Gasteiger partial charge in [-0.3, -0.25) is 0 Å². The largest absolute Gasteiger partial charge is 0.497 e. The van der Waals surface area contributed by atoms with Gasteiger partial charge in [-0.25, -0.2) is 4.98 Å². The lowest BCUT2D eigenvalue weighted by atomic mass is 10.1. The first-order valence-corrected chi connectivity index (χ1v) is 6.55. The van der Waals surface area contributed by atoms with E-state index in [0.29, 0.717) is 0 Å². The second-order valence-electron chi connectivity index (χ2n) is 4.63. The predicted octanol–water partition coefficient (Wildman–Crippen LogP) is 3.18. The van der Waals surface area contributed by atoms with Gasteiger partial charge in [-0.2, -0.15) is 0 Å². The molecule has 0 radical (unpaired) electrons. The van der Waals surface area contributed by atoms with Gasteiger partial charge in [0.25, 0.3) is 0 Å². The van der Waals surface area contributed by atoms with Crippen LogP contribution >= 0.6 is 0 Å². The van der Waals surface area contributed by atoms with Gasteiger partial charge < -0.3 is 15.0 Å². The van der Waals surface area contributed by atoms with Gasteiger partial charge in [-0.05, 0) is 36.6 Å². The Kier molecular flexibility index (Phi) is 3.49. The number of aromatic amines is 1. The minimum Gasteiger partial charge on any atom is -0.497 e. The number of H-pyrrole nitrogens is 1. The van der Waals surface area contributed by atoms with Crippen molar-refractivity contribution in [2.24, 2.45) is 0 Å². The minimum atomic E-state index is 0.275. The average Bonchev–Trinajstić information content (AvgIpc) is 3.01. The molecule has 2 aromatic rings. The lowest BCUT2D eigenvalue weighted by Gasteiger charge is -2.20. The molecule has 0 aliphatic carbocycles. The van der Waals surface area contributed by atoms with Crippen LogP contribution in [-0.2, 0) is 4.74 Å². The molecule has 0 bridgehead atoms. The second-order valence-corrected chi connectivity index (χ2v) is 4.63. The number of allylic oxidation sites excluding steroid dienone is 1. The monoisotopic (exact) mass is 255 g/mol. The molecule has 4 nitrogen and oxygen atoms in total. The Morgan fingerprint density at radius 2 is 2.21 bits per heavy atom. The van der Waals surface area contributed by atoms with Crippen LogP contribution in [0.2, 0.25) is 0 Å². The van der Waals surface area contributed by atoms with Gasteiger partial charge in [0.2, 0.25) is 0 Å². The predicted molar refractivity (Wildman–Crippen MR) is 75.8 cm³/mol. The van der Waals surface area contributed by atoms with E-state index < -0.39 is 0 Å². The van der Waals surface area contributed by atoms with E-state index in [0.717, 1.165) is 36.3 Å². The fraction of sp³-hybridized carbons (Fsp3) is 0.267. The van der Waals surface area contributed by atoms with E-state index in [1.807, 2.05) is 6.20 Å². The van der Waals surface area contributed by atoms with Crippen LogP contribution in [0.5, 0.6) is 0 Å². The van der Waals surface area contributed by atoms with E-state index in [1.54, 1.807) is 12.6 Å². The van der Waals surface area contributed by atoms with Crippen molar-refractivity contribution in [3.05, 3.63) is 49.1 Å². The quantitative estimate of drug-likeness (QED) is 0.882. The van der Waals surface area contributed by atoms with Gasteiger partial charge >= 0.3 is 0 Å². The number of anilines is 1. The number of nitrogens with zero attached hydrogens (tertiary/aromatic N) is 1. The normalized spacial score (nSPS) is 18.0. The highest BCUT2D eigenvalue weighted by molar-refractivity contribution is 5.61. The molecule has 1 aromatic heterocycles. The van der Waals surface area contributed by atoms with E-state index in [2.05, 4.69) is 45.6 Å². The number of benzene rings is 1. The molecule has 1 atom stereocenters. The third-order valence-electron chi connectivity index (χ3n) is 3.25. The smallest absolute Gasteiger partial charge is 0.115 e. The Labute approximate surface area is 112 Å². The summed E-state index contributed by atoms with van der Waals surface area (Å²) in [6, 6.07) is 8.32. The van der Waals surface area contributed by atoms with Gasteiger partial charge in [-0.15, -0.1) is 0 Å². The Balaban J connectivity index is 1.58. The molecule has 2 N–H and O–H groups in total. The zero-order valence-electron chi connectivity index (χ0n) is 10.7. The van der Waals surface area contributed by atoms with Gasteiger partial charge in [0.05, 0.1) is 31.0 Å². The van der Waals surface area contributed by atoms with Gasteiger partial charge in [-0.1, -0.05) is 12.1 Å². The molecule has 0 saturated heterocycles. The maximum atomic E-state index is 5.53. The summed E-state index contributed by atoms with van der Waals surface area (Å²) in [5.74, 6) is 0. The molecule has 4 heteroatoms. The number of hydrogen-bond acceptors (Lipinski definition) is 3. The number of nitrogens with one attached hydrogen (secondary N) is 2. The molecule has 3 rings (SSSR count). The summed E-state index contributed by atoms with van der Waals surface area (Å²) >= 11 is 0. The van der Waals surface area contributed by atoms with Crippen molar-refractivity contribution >= 4 is 5.69 Å². The molecule has 1 unspecified atom stereocenters.